The van der Waals surface area contributed by atoms with Gasteiger partial charge in [-0.2, -0.15) is 0 Å². The van der Waals surface area contributed by atoms with Gasteiger partial charge in [0.05, 0.1) is 15.3 Å². The van der Waals surface area contributed by atoms with E-state index in [9.17, 15) is 9.00 Å². The minimum absolute atomic E-state index is 0.294. The van der Waals surface area contributed by atoms with E-state index in [1.807, 2.05) is 0 Å². The van der Waals surface area contributed by atoms with Crippen molar-refractivity contribution < 1.29 is 9.00 Å². The molecule has 0 spiro atoms. The Bertz CT molecular complexity index is 816. The third-order valence-corrected chi connectivity index (χ3v) is 4.20. The molecule has 5 heteroatoms. The Balaban J connectivity index is 2.25. The average Bonchev–Trinajstić information content (AvgIpc) is 2.48. The Kier molecular flexibility index (Phi) is 4.41. The third-order valence-electron chi connectivity index (χ3n) is 2.65. The Labute approximate surface area is 124 Å². The fourth-order valence-corrected chi connectivity index (χ4v) is 2.82. The van der Waals surface area contributed by atoms with Gasteiger partial charge in [0.25, 0.3) is 5.91 Å². The molecule has 0 radical (unpaired) electrons. The number of amides is 1. The smallest absolute Gasteiger partial charge is 0.264 e. The van der Waals surface area contributed by atoms with Gasteiger partial charge in [-0.25, -0.2) is 4.21 Å². The standard InChI is InChI=1S/C16H14N2O2S/c1-3-7-13-10-14(12-17-11-13)16(19)18-21(2,20)15-8-5-4-6-9-15/h4-6,8-12H,2H2,1H3,(H,18,19,20). The summed E-state index contributed by atoms with van der Waals surface area (Å²) >= 11 is 0. The number of carbonyl (C=O) groups is 1. The van der Waals surface area contributed by atoms with Crippen LogP contribution in [0.15, 0.2) is 53.7 Å². The maximum atomic E-state index is 12.5. The number of hydrogen-bond acceptors (Lipinski definition) is 3. The number of aromatic nitrogens is 1. The van der Waals surface area contributed by atoms with E-state index in [1.165, 1.54) is 6.20 Å². The van der Waals surface area contributed by atoms with E-state index in [0.29, 0.717) is 16.0 Å². The zero-order valence-electron chi connectivity index (χ0n) is 11.5. The quantitative estimate of drug-likeness (QED) is 0.695. The summed E-state index contributed by atoms with van der Waals surface area (Å²) in [6, 6.07) is 10.2. The highest BCUT2D eigenvalue weighted by molar-refractivity contribution is 7.99. The lowest BCUT2D eigenvalue weighted by molar-refractivity contribution is 0.0982. The highest BCUT2D eigenvalue weighted by Crippen LogP contribution is 2.09. The largest absolute Gasteiger partial charge is 0.275 e. The fraction of sp³-hybridized carbons (Fsp3) is 0.0625. The van der Waals surface area contributed by atoms with Gasteiger partial charge in [0.15, 0.2) is 0 Å². The molecule has 0 saturated heterocycles. The number of nitrogens with one attached hydrogen (secondary N) is 1. The van der Waals surface area contributed by atoms with Crippen molar-refractivity contribution in [1.82, 2.24) is 9.71 Å². The van der Waals surface area contributed by atoms with Crippen molar-refractivity contribution in [1.29, 1.82) is 0 Å². The van der Waals surface area contributed by atoms with Gasteiger partial charge in [0.2, 0.25) is 0 Å². The monoisotopic (exact) mass is 298 g/mol. The van der Waals surface area contributed by atoms with E-state index in [1.54, 1.807) is 49.5 Å². The lowest BCUT2D eigenvalue weighted by atomic mass is 10.2. The summed E-state index contributed by atoms with van der Waals surface area (Å²) in [6.07, 6.45) is 2.96. The van der Waals surface area contributed by atoms with Crippen LogP contribution in [-0.4, -0.2) is 21.0 Å². The van der Waals surface area contributed by atoms with Crippen LogP contribution in [0.4, 0.5) is 0 Å². The van der Waals surface area contributed by atoms with Crippen molar-refractivity contribution >= 4 is 21.5 Å². The summed E-state index contributed by atoms with van der Waals surface area (Å²) in [7, 11) is -2.90. The molecular formula is C16H14N2O2S. The summed E-state index contributed by atoms with van der Waals surface area (Å²) in [5.41, 5.74) is 0.919. The summed E-state index contributed by atoms with van der Waals surface area (Å²) in [4.78, 5) is 16.6. The van der Waals surface area contributed by atoms with Gasteiger partial charge in [-0.15, -0.1) is 5.92 Å². The highest BCUT2D eigenvalue weighted by Gasteiger charge is 2.13. The predicted octanol–water partition coefficient (Wildman–Crippen LogP) is 1.87. The second kappa shape index (κ2) is 6.25. The molecule has 1 amide bonds. The predicted molar refractivity (Wildman–Crippen MR) is 84.2 cm³/mol. The molecule has 0 bridgehead atoms. The van der Waals surface area contributed by atoms with E-state index >= 15 is 0 Å². The molecule has 1 aromatic carbocycles. The molecule has 1 N–H and O–H groups in total. The summed E-state index contributed by atoms with van der Waals surface area (Å²) < 4.78 is 14.9. The minimum Gasteiger partial charge on any atom is -0.275 e. The van der Waals surface area contributed by atoms with Gasteiger partial charge in [-0.1, -0.05) is 24.1 Å². The second-order valence-corrected chi connectivity index (χ2v) is 6.28. The topological polar surface area (TPSA) is 59.1 Å². The number of pyridine rings is 1. The fourth-order valence-electron chi connectivity index (χ4n) is 1.68. The summed E-state index contributed by atoms with van der Waals surface area (Å²) in [5, 5.41) is 0. The molecule has 2 aromatic rings. The lowest BCUT2D eigenvalue weighted by Crippen LogP contribution is -2.30. The molecule has 21 heavy (non-hydrogen) atoms. The zero-order chi connectivity index (χ0) is 15.3. The van der Waals surface area contributed by atoms with Gasteiger partial charge in [0.1, 0.15) is 0 Å². The molecule has 106 valence electrons. The van der Waals surface area contributed by atoms with Gasteiger partial charge in [0, 0.05) is 22.9 Å². The minimum atomic E-state index is -2.90. The molecule has 0 aliphatic carbocycles. The summed E-state index contributed by atoms with van der Waals surface area (Å²) in [5.74, 6) is 8.67. The zero-order valence-corrected chi connectivity index (χ0v) is 12.3. The van der Waals surface area contributed by atoms with Crippen molar-refractivity contribution in [3.05, 3.63) is 59.9 Å². The SMILES string of the molecule is C=S(=O)(NC(=O)c1cncc(C#CC)c1)c1ccccc1. The molecule has 0 fully saturated rings. The molecule has 0 aliphatic rings. The van der Waals surface area contributed by atoms with Crippen LogP contribution in [0.1, 0.15) is 22.8 Å². The van der Waals surface area contributed by atoms with Crippen LogP contribution in [0.3, 0.4) is 0 Å². The first-order chi connectivity index (χ1) is 10.0. The van der Waals surface area contributed by atoms with Crippen LogP contribution >= 0.6 is 0 Å². The summed E-state index contributed by atoms with van der Waals surface area (Å²) in [6.45, 7) is 1.70. The molecule has 1 heterocycles. The normalized spacial score (nSPS) is 12.6. The average molecular weight is 298 g/mol. The number of carbonyl (C=O) groups excluding carboxylic acids is 1. The van der Waals surface area contributed by atoms with Gasteiger partial charge in [-0.05, 0) is 31.0 Å². The number of nitrogens with zero attached hydrogens (tertiary/aromatic N) is 1. The Morgan fingerprint density at radius 2 is 2.00 bits per heavy atom. The number of benzene rings is 1. The van der Waals surface area contributed by atoms with E-state index in [4.69, 9.17) is 0 Å². The van der Waals surface area contributed by atoms with Crippen molar-refractivity contribution in [2.45, 2.75) is 11.8 Å². The number of hydrogen-bond donors (Lipinski definition) is 1. The number of rotatable bonds is 3. The van der Waals surface area contributed by atoms with Gasteiger partial charge < -0.3 is 0 Å². The highest BCUT2D eigenvalue weighted by atomic mass is 32.2. The third kappa shape index (κ3) is 3.71. The maximum Gasteiger partial charge on any atom is 0.264 e. The van der Waals surface area contributed by atoms with Crippen LogP contribution in [0.5, 0.6) is 0 Å². The first kappa shape index (κ1) is 14.8. The molecule has 0 saturated carbocycles. The van der Waals surface area contributed by atoms with E-state index in [2.05, 4.69) is 27.4 Å². The molecule has 0 aliphatic heterocycles. The van der Waals surface area contributed by atoms with Crippen LogP contribution in [0, 0.1) is 11.8 Å². The molecule has 1 atom stereocenters. The van der Waals surface area contributed by atoms with Crippen molar-refractivity contribution in [2.24, 2.45) is 0 Å². The lowest BCUT2D eigenvalue weighted by Gasteiger charge is -2.11. The molecule has 2 rings (SSSR count). The van der Waals surface area contributed by atoms with E-state index in [0.717, 1.165) is 0 Å². The van der Waals surface area contributed by atoms with Crippen molar-refractivity contribution in [2.75, 3.05) is 0 Å². The molecule has 1 aromatic heterocycles. The second-order valence-electron chi connectivity index (χ2n) is 4.26. The Hall–Kier alpha value is -2.58. The Morgan fingerprint density at radius 3 is 2.67 bits per heavy atom. The van der Waals surface area contributed by atoms with Gasteiger partial charge in [-0.3, -0.25) is 14.5 Å². The van der Waals surface area contributed by atoms with Crippen LogP contribution < -0.4 is 4.72 Å². The Morgan fingerprint density at radius 1 is 1.29 bits per heavy atom. The van der Waals surface area contributed by atoms with Crippen molar-refractivity contribution in [3.63, 3.8) is 0 Å². The van der Waals surface area contributed by atoms with Crippen LogP contribution in [-0.2, 0) is 9.71 Å². The van der Waals surface area contributed by atoms with E-state index < -0.39 is 15.6 Å². The maximum absolute atomic E-state index is 12.5. The van der Waals surface area contributed by atoms with Crippen LogP contribution in [0.2, 0.25) is 0 Å². The molecule has 1 unspecified atom stereocenters. The first-order valence-electron chi connectivity index (χ1n) is 6.15. The van der Waals surface area contributed by atoms with Crippen LogP contribution in [0.25, 0.3) is 0 Å². The van der Waals surface area contributed by atoms with E-state index in [-0.39, 0.29) is 0 Å². The molecular weight excluding hydrogens is 284 g/mol. The van der Waals surface area contributed by atoms with Gasteiger partial charge >= 0.3 is 0 Å². The molecule has 4 nitrogen and oxygen atoms in total. The van der Waals surface area contributed by atoms with Crippen molar-refractivity contribution in [3.8, 4) is 11.8 Å². The first-order valence-corrected chi connectivity index (χ1v) is 7.88.